The first-order chi connectivity index (χ1) is 20.3. The molecule has 0 saturated heterocycles. The van der Waals surface area contributed by atoms with Gasteiger partial charge in [0.1, 0.15) is 18.5 Å². The summed E-state index contributed by atoms with van der Waals surface area (Å²) in [5.74, 6) is 0. The Morgan fingerprint density at radius 3 is 1.67 bits per heavy atom. The van der Waals surface area contributed by atoms with Gasteiger partial charge in [-0.3, -0.25) is 5.32 Å². The van der Waals surface area contributed by atoms with Crippen LogP contribution in [-0.2, 0) is 6.18 Å². The van der Waals surface area contributed by atoms with Crippen LogP contribution in [0.25, 0.3) is 0 Å². The predicted molar refractivity (Wildman–Crippen MR) is 181 cm³/mol. The van der Waals surface area contributed by atoms with Crippen molar-refractivity contribution >= 4 is 75.2 Å². The van der Waals surface area contributed by atoms with Gasteiger partial charge in [-0.25, -0.2) is 4.79 Å². The van der Waals surface area contributed by atoms with Crippen LogP contribution < -0.4 is 21.2 Å². The van der Waals surface area contributed by atoms with Gasteiger partial charge in [0.15, 0.2) is 5.44 Å². The number of anilines is 1. The van der Waals surface area contributed by atoms with Crippen LogP contribution in [0.15, 0.2) is 115 Å². The van der Waals surface area contributed by atoms with Crippen LogP contribution in [-0.4, -0.2) is 12.4 Å². The molecule has 3 aromatic rings. The van der Waals surface area contributed by atoms with E-state index in [-0.39, 0.29) is 10.7 Å². The minimum Gasteiger partial charge on any atom is -0.306 e. The Balaban J connectivity index is 0.00000119. The third kappa shape index (κ3) is 14.6. The SMILES string of the molecule is C1=CCCC=C1.C=C(NC(=O)Nc1cc(C(F)(F)F)ccc1Cl)[PH+](c1ccccc1)c1ccccc1.CC.CCl.ClCl. The Hall–Kier alpha value is -2.47. The fourth-order valence-corrected chi connectivity index (χ4v) is 5.90. The van der Waals surface area contributed by atoms with Crippen LogP contribution in [0.3, 0.4) is 0 Å². The quantitative estimate of drug-likeness (QED) is 0.204. The number of allylic oxidation sites excluding steroid dienone is 4. The van der Waals surface area contributed by atoms with Gasteiger partial charge in [-0.2, -0.15) is 13.2 Å². The molecule has 0 fully saturated rings. The second kappa shape index (κ2) is 23.0. The molecule has 11 heteroatoms. The molecule has 228 valence electrons. The number of hydrogen-bond acceptors (Lipinski definition) is 1. The molecule has 0 aliphatic heterocycles. The van der Waals surface area contributed by atoms with E-state index in [9.17, 15) is 18.0 Å². The fourth-order valence-electron chi connectivity index (χ4n) is 3.42. The molecule has 2 amide bonds. The van der Waals surface area contributed by atoms with Gasteiger partial charge < -0.3 is 5.32 Å². The predicted octanol–water partition coefficient (Wildman–Crippen LogP) is 11.0. The molecule has 0 unspecified atom stereocenters. The number of hydrogen-bond donors (Lipinski definition) is 2. The molecule has 0 heterocycles. The molecule has 1 aliphatic rings. The molecule has 4 rings (SSSR count). The standard InChI is InChI=1S/C22H17ClF3N2OP.C6H8.C2H6.CH3Cl.Cl2/c1-15(30(17-8-4-2-5-9-17)18-10-6-3-7-11-18)27-21(29)28-20-14-16(22(24,25)26)12-13-19(20)23;1-2-4-6-5-3-1;3*1-2/h2-14H,1H2,(H2,27,28,29);1-4H,5-6H2;1-2H3;1H3;/p+1. The number of carbonyl (C=O) groups excluding carboxylic acids is 1. The van der Waals surface area contributed by atoms with E-state index in [2.05, 4.69) is 74.8 Å². The highest BCUT2D eigenvalue weighted by atomic mass is 36.5. The molecule has 3 aromatic carbocycles. The van der Waals surface area contributed by atoms with Crippen molar-refractivity contribution in [2.45, 2.75) is 32.9 Å². The Kier molecular flexibility index (Phi) is 21.7. The average molecular weight is 681 g/mol. The van der Waals surface area contributed by atoms with E-state index in [1.165, 1.54) is 19.2 Å². The second-order valence-corrected chi connectivity index (χ2v) is 10.7. The molecule has 3 nitrogen and oxygen atoms in total. The molecule has 0 spiro atoms. The van der Waals surface area contributed by atoms with E-state index in [0.717, 1.165) is 28.8 Å². The number of alkyl halides is 4. The topological polar surface area (TPSA) is 41.1 Å². The van der Waals surface area contributed by atoms with Gasteiger partial charge in [-0.05, 0) is 61.9 Å². The molecule has 0 aromatic heterocycles. The van der Waals surface area contributed by atoms with Gasteiger partial charge in [0.05, 0.1) is 16.3 Å². The minimum absolute atomic E-state index is 0.000380. The Morgan fingerprint density at radius 2 is 1.29 bits per heavy atom. The van der Waals surface area contributed by atoms with E-state index >= 15 is 0 Å². The zero-order valence-electron chi connectivity index (χ0n) is 23.5. The van der Waals surface area contributed by atoms with Crippen molar-refractivity contribution in [1.29, 1.82) is 0 Å². The number of benzene rings is 3. The third-order valence-electron chi connectivity index (χ3n) is 5.12. The lowest BCUT2D eigenvalue weighted by Crippen LogP contribution is -2.30. The smallest absolute Gasteiger partial charge is 0.306 e. The lowest BCUT2D eigenvalue weighted by atomic mass is 10.2. The molecule has 0 saturated carbocycles. The Bertz CT molecular complexity index is 1190. The monoisotopic (exact) mass is 679 g/mol. The van der Waals surface area contributed by atoms with Crippen molar-refractivity contribution in [2.24, 2.45) is 0 Å². The summed E-state index contributed by atoms with van der Waals surface area (Å²) >= 11 is 10.6. The summed E-state index contributed by atoms with van der Waals surface area (Å²) in [5, 5.41) is 7.08. The van der Waals surface area contributed by atoms with Crippen LogP contribution >= 0.6 is 52.8 Å². The van der Waals surface area contributed by atoms with Crippen molar-refractivity contribution in [3.05, 3.63) is 126 Å². The zero-order chi connectivity index (χ0) is 32.0. The normalized spacial score (nSPS) is 11.1. The molecule has 42 heavy (non-hydrogen) atoms. The van der Waals surface area contributed by atoms with Crippen molar-refractivity contribution in [2.75, 3.05) is 11.7 Å². The van der Waals surface area contributed by atoms with Crippen molar-refractivity contribution in [1.82, 2.24) is 5.32 Å². The maximum absolute atomic E-state index is 12.9. The zero-order valence-corrected chi connectivity index (χ0v) is 27.5. The maximum atomic E-state index is 12.9. The molecular formula is C31H35Cl4F3N2OP+. The highest BCUT2D eigenvalue weighted by Gasteiger charge is 2.31. The van der Waals surface area contributed by atoms with Gasteiger partial charge in [0, 0.05) is 28.1 Å². The van der Waals surface area contributed by atoms with E-state index in [0.29, 0.717) is 5.44 Å². The summed E-state index contributed by atoms with van der Waals surface area (Å²) in [6, 6.07) is 21.2. The summed E-state index contributed by atoms with van der Waals surface area (Å²) in [4.78, 5) is 12.5. The van der Waals surface area contributed by atoms with Crippen LogP contribution in [0.4, 0.5) is 23.7 Å². The minimum atomic E-state index is -4.54. The molecule has 0 bridgehead atoms. The number of nitrogens with one attached hydrogen (secondary N) is 2. The van der Waals surface area contributed by atoms with Crippen LogP contribution in [0.1, 0.15) is 32.3 Å². The van der Waals surface area contributed by atoms with Gasteiger partial charge in [-0.1, -0.05) is 86.2 Å². The molecule has 0 radical (unpaired) electrons. The fraction of sp³-hybridized carbons (Fsp3) is 0.194. The summed E-state index contributed by atoms with van der Waals surface area (Å²) in [7, 11) is 6.64. The Morgan fingerprint density at radius 1 is 0.833 bits per heavy atom. The number of amides is 2. The molecular weight excluding hydrogens is 646 g/mol. The van der Waals surface area contributed by atoms with Crippen molar-refractivity contribution in [3.8, 4) is 0 Å². The summed E-state index contributed by atoms with van der Waals surface area (Å²) in [6.07, 6.45) is 7.93. The first-order valence-corrected chi connectivity index (χ1v) is 16.5. The van der Waals surface area contributed by atoms with E-state index < -0.39 is 25.7 Å². The first-order valence-electron chi connectivity index (χ1n) is 12.7. The summed E-state index contributed by atoms with van der Waals surface area (Å²) < 4.78 is 38.8. The van der Waals surface area contributed by atoms with Crippen molar-refractivity contribution in [3.63, 3.8) is 0 Å². The molecule has 0 atom stereocenters. The van der Waals surface area contributed by atoms with Crippen LogP contribution in [0, 0.1) is 0 Å². The molecule has 1 aliphatic carbocycles. The number of carbonyl (C=O) groups is 1. The van der Waals surface area contributed by atoms with Gasteiger partial charge in [0.25, 0.3) is 0 Å². The largest absolute Gasteiger partial charge is 0.416 e. The lowest BCUT2D eigenvalue weighted by molar-refractivity contribution is -0.137. The van der Waals surface area contributed by atoms with E-state index in [1.807, 2.05) is 74.5 Å². The summed E-state index contributed by atoms with van der Waals surface area (Å²) in [6.45, 7) is 8.03. The average Bonchev–Trinajstić information content (AvgIpc) is 3.03. The number of urea groups is 1. The highest BCUT2D eigenvalue weighted by molar-refractivity contribution is 7.76. The van der Waals surface area contributed by atoms with E-state index in [1.54, 1.807) is 0 Å². The Labute approximate surface area is 267 Å². The highest BCUT2D eigenvalue weighted by Crippen LogP contribution is 2.40. The lowest BCUT2D eigenvalue weighted by Gasteiger charge is -2.15. The third-order valence-corrected chi connectivity index (χ3v) is 8.00. The second-order valence-electron chi connectivity index (χ2n) is 7.79. The van der Waals surface area contributed by atoms with Gasteiger partial charge in [-0.15, -0.1) is 11.6 Å². The van der Waals surface area contributed by atoms with Crippen molar-refractivity contribution < 1.29 is 18.0 Å². The number of rotatable bonds is 5. The number of halogens is 7. The summed E-state index contributed by atoms with van der Waals surface area (Å²) in [5.41, 5.74) is -0.567. The maximum Gasteiger partial charge on any atom is 0.416 e. The van der Waals surface area contributed by atoms with E-state index in [4.69, 9.17) is 11.6 Å². The first kappa shape index (κ1) is 39.5. The molecule has 2 N–H and O–H groups in total. The van der Waals surface area contributed by atoms with Gasteiger partial charge in [0.2, 0.25) is 0 Å². The van der Waals surface area contributed by atoms with Crippen LogP contribution in [0.5, 0.6) is 0 Å². The van der Waals surface area contributed by atoms with Crippen LogP contribution in [0.2, 0.25) is 5.02 Å². The van der Waals surface area contributed by atoms with Gasteiger partial charge >= 0.3 is 12.2 Å².